The second-order valence-corrected chi connectivity index (χ2v) is 14.6. The molecule has 0 bridgehead atoms. The summed E-state index contributed by atoms with van der Waals surface area (Å²) in [5, 5.41) is 8.11. The third-order valence-corrected chi connectivity index (χ3v) is 9.60. The number of anilines is 2. The van der Waals surface area contributed by atoms with Gasteiger partial charge < -0.3 is 34.6 Å². The van der Waals surface area contributed by atoms with E-state index < -0.39 is 37.0 Å². The van der Waals surface area contributed by atoms with E-state index in [1.165, 1.54) is 18.7 Å². The second kappa shape index (κ2) is 14.9. The number of nitrogens with one attached hydrogen (secondary N) is 3. The molecule has 0 fully saturated rings. The molecule has 4 amide bonds. The summed E-state index contributed by atoms with van der Waals surface area (Å²) < 4.78 is 33.3. The zero-order chi connectivity index (χ0) is 35.2. The average molecular weight is 679 g/mol. The van der Waals surface area contributed by atoms with Crippen LogP contribution in [-0.4, -0.2) is 40.4 Å². The monoisotopic (exact) mass is 678 g/mol. The summed E-state index contributed by atoms with van der Waals surface area (Å²) >= 11 is 0. The van der Waals surface area contributed by atoms with Crippen LogP contribution in [0.25, 0.3) is 0 Å². The van der Waals surface area contributed by atoms with Gasteiger partial charge in [-0.3, -0.25) is 14.4 Å². The van der Waals surface area contributed by atoms with Crippen LogP contribution in [0.4, 0.5) is 16.2 Å². The topological polar surface area (TPSA) is 152 Å². The predicted molar refractivity (Wildman–Crippen MR) is 183 cm³/mol. The van der Waals surface area contributed by atoms with Crippen LogP contribution < -0.4 is 25.0 Å². The van der Waals surface area contributed by atoms with Crippen molar-refractivity contribution in [2.75, 3.05) is 10.6 Å². The Morgan fingerprint density at radius 2 is 1.35 bits per heavy atom. The number of carbonyl (C=O) groups is 4. The summed E-state index contributed by atoms with van der Waals surface area (Å²) in [4.78, 5) is 52.0. The SMILES string of the molecule is CC[C@@H](C)[C@H](NC(=O)OC(C)(C)C)C(=O)N1Cc2ccccc2C1P(=O)(Oc1ccc(NC(C)=O)cc1)Oc1ccc(NC(C)=O)cc1. The summed E-state index contributed by atoms with van der Waals surface area (Å²) in [6.45, 7) is 11.8. The molecular formula is C35H43N4O8P. The van der Waals surface area contributed by atoms with Crippen LogP contribution in [0.3, 0.4) is 0 Å². The zero-order valence-electron chi connectivity index (χ0n) is 28.2. The minimum atomic E-state index is -4.40. The third-order valence-electron chi connectivity index (χ3n) is 7.52. The molecule has 12 nitrogen and oxygen atoms in total. The Hall–Kier alpha value is -4.83. The molecule has 3 aromatic rings. The summed E-state index contributed by atoms with van der Waals surface area (Å²) in [7, 11) is -4.40. The van der Waals surface area contributed by atoms with E-state index in [2.05, 4.69) is 16.0 Å². The van der Waals surface area contributed by atoms with Crippen LogP contribution in [-0.2, 0) is 30.2 Å². The maximum absolute atomic E-state index is 15.3. The molecule has 3 aromatic carbocycles. The molecule has 3 N–H and O–H groups in total. The standard InChI is InChI=1S/C35H43N4O8P/c1-8-22(2)31(38-34(43)45-35(5,6)7)32(42)39-21-25-11-9-10-12-30(25)33(39)48(44,46-28-17-13-26(14-18-28)36-23(3)40)47-29-19-15-27(16-20-29)37-24(4)41/h9-20,22,31,33H,8,21H2,1-7H3,(H,36,40)(H,37,41)(H,38,43)/t22-,31+,33?/m1/s1. The smallest absolute Gasteiger partial charge is 0.444 e. The highest BCUT2D eigenvalue weighted by molar-refractivity contribution is 7.55. The summed E-state index contributed by atoms with van der Waals surface area (Å²) in [5.41, 5.74) is 1.53. The van der Waals surface area contributed by atoms with E-state index in [0.29, 0.717) is 23.4 Å². The fourth-order valence-corrected chi connectivity index (χ4v) is 7.42. The molecule has 1 unspecified atom stereocenters. The van der Waals surface area contributed by atoms with E-state index in [9.17, 15) is 19.2 Å². The Kier molecular flexibility index (Phi) is 11.2. The molecule has 13 heteroatoms. The van der Waals surface area contributed by atoms with Crippen molar-refractivity contribution in [1.29, 1.82) is 0 Å². The van der Waals surface area contributed by atoms with Crippen molar-refractivity contribution in [3.63, 3.8) is 0 Å². The highest BCUT2D eigenvalue weighted by Crippen LogP contribution is 2.64. The number of nitrogens with zero attached hydrogens (tertiary/aromatic N) is 1. The molecular weight excluding hydrogens is 635 g/mol. The molecule has 0 saturated carbocycles. The molecule has 0 aliphatic carbocycles. The first kappa shape index (κ1) is 36.0. The molecule has 0 spiro atoms. The molecule has 256 valence electrons. The Bertz CT molecular complexity index is 1620. The van der Waals surface area contributed by atoms with Gasteiger partial charge in [0, 0.05) is 31.8 Å². The maximum atomic E-state index is 15.3. The van der Waals surface area contributed by atoms with Crippen LogP contribution in [0.15, 0.2) is 72.8 Å². The number of hydrogen-bond acceptors (Lipinski definition) is 8. The van der Waals surface area contributed by atoms with Gasteiger partial charge >= 0.3 is 13.7 Å². The first-order chi connectivity index (χ1) is 22.6. The first-order valence-electron chi connectivity index (χ1n) is 15.7. The Morgan fingerprint density at radius 3 is 1.81 bits per heavy atom. The molecule has 48 heavy (non-hydrogen) atoms. The number of carbonyl (C=O) groups excluding carboxylic acids is 4. The molecule has 1 aliphatic rings. The van der Waals surface area contributed by atoms with Gasteiger partial charge in [-0.25, -0.2) is 9.36 Å². The molecule has 0 saturated heterocycles. The highest BCUT2D eigenvalue weighted by Gasteiger charge is 2.52. The van der Waals surface area contributed by atoms with Gasteiger partial charge in [-0.15, -0.1) is 0 Å². The Labute approximate surface area is 281 Å². The fraction of sp³-hybridized carbons (Fsp3) is 0.371. The van der Waals surface area contributed by atoms with Crippen molar-refractivity contribution in [2.24, 2.45) is 5.92 Å². The van der Waals surface area contributed by atoms with Crippen LogP contribution in [0.2, 0.25) is 0 Å². The molecule has 1 heterocycles. The lowest BCUT2D eigenvalue weighted by Crippen LogP contribution is -2.52. The van der Waals surface area contributed by atoms with Gasteiger partial charge in [-0.05, 0) is 86.3 Å². The van der Waals surface area contributed by atoms with Gasteiger partial charge in [0.2, 0.25) is 17.7 Å². The summed E-state index contributed by atoms with van der Waals surface area (Å²) in [5.74, 6) is -2.17. The van der Waals surface area contributed by atoms with Crippen LogP contribution in [0, 0.1) is 5.92 Å². The van der Waals surface area contributed by atoms with Gasteiger partial charge in [0.1, 0.15) is 23.1 Å². The van der Waals surface area contributed by atoms with Crippen LogP contribution in [0.5, 0.6) is 11.5 Å². The highest BCUT2D eigenvalue weighted by atomic mass is 31.2. The Morgan fingerprint density at radius 1 is 0.854 bits per heavy atom. The van der Waals surface area contributed by atoms with E-state index in [0.717, 1.165) is 5.56 Å². The van der Waals surface area contributed by atoms with Gasteiger partial charge in [-0.2, -0.15) is 0 Å². The molecule has 3 atom stereocenters. The number of alkyl carbamates (subject to hydrolysis) is 1. The average Bonchev–Trinajstić information content (AvgIpc) is 3.40. The van der Waals surface area contributed by atoms with E-state index in [4.69, 9.17) is 13.8 Å². The van der Waals surface area contributed by atoms with Crippen molar-refractivity contribution in [3.8, 4) is 11.5 Å². The second-order valence-electron chi connectivity index (χ2n) is 12.7. The number of ether oxygens (including phenoxy) is 1. The van der Waals surface area contributed by atoms with E-state index in [1.54, 1.807) is 81.4 Å². The summed E-state index contributed by atoms with van der Waals surface area (Å²) in [6.07, 6.45) is -0.188. The molecule has 4 rings (SSSR count). The van der Waals surface area contributed by atoms with Crippen molar-refractivity contribution in [1.82, 2.24) is 10.2 Å². The van der Waals surface area contributed by atoms with Crippen LogP contribution >= 0.6 is 7.60 Å². The Balaban J connectivity index is 1.79. The number of benzene rings is 3. The number of hydrogen-bond donors (Lipinski definition) is 3. The minimum absolute atomic E-state index is 0.0856. The van der Waals surface area contributed by atoms with Gasteiger partial charge in [0.05, 0.1) is 0 Å². The van der Waals surface area contributed by atoms with Crippen molar-refractivity contribution in [3.05, 3.63) is 83.9 Å². The third kappa shape index (κ3) is 9.16. The predicted octanol–water partition coefficient (Wildman–Crippen LogP) is 7.23. The van der Waals surface area contributed by atoms with Gasteiger partial charge in [0.25, 0.3) is 0 Å². The van der Waals surface area contributed by atoms with E-state index in [-0.39, 0.29) is 35.8 Å². The lowest BCUT2D eigenvalue weighted by atomic mass is 9.98. The van der Waals surface area contributed by atoms with Gasteiger partial charge in [-0.1, -0.05) is 44.5 Å². The van der Waals surface area contributed by atoms with Crippen molar-refractivity contribution in [2.45, 2.75) is 78.9 Å². The molecule has 1 aliphatic heterocycles. The molecule has 0 aromatic heterocycles. The maximum Gasteiger partial charge on any atom is 0.457 e. The fourth-order valence-electron chi connectivity index (χ4n) is 5.22. The molecule has 0 radical (unpaired) electrons. The number of fused-ring (bicyclic) bond motifs is 1. The van der Waals surface area contributed by atoms with Crippen molar-refractivity contribution >= 4 is 42.8 Å². The van der Waals surface area contributed by atoms with Crippen LogP contribution in [0.1, 0.15) is 71.8 Å². The quantitative estimate of drug-likeness (QED) is 0.180. The van der Waals surface area contributed by atoms with Crippen molar-refractivity contribution < 1.29 is 37.5 Å². The zero-order valence-corrected chi connectivity index (χ0v) is 29.1. The first-order valence-corrected chi connectivity index (χ1v) is 17.3. The lowest BCUT2D eigenvalue weighted by molar-refractivity contribution is -0.136. The largest absolute Gasteiger partial charge is 0.457 e. The lowest BCUT2D eigenvalue weighted by Gasteiger charge is -2.35. The van der Waals surface area contributed by atoms with E-state index in [1.807, 2.05) is 26.0 Å². The van der Waals surface area contributed by atoms with E-state index >= 15 is 4.57 Å². The normalized spacial score (nSPS) is 15.4. The summed E-state index contributed by atoms with van der Waals surface area (Å²) in [6, 6.07) is 18.7. The number of amides is 4. The number of rotatable bonds is 11. The van der Waals surface area contributed by atoms with Gasteiger partial charge in [0.15, 0.2) is 5.78 Å². The minimum Gasteiger partial charge on any atom is -0.444 e.